The maximum Gasteiger partial charge on any atom is 0.0620 e. The Morgan fingerprint density at radius 3 is 2.76 bits per heavy atom. The summed E-state index contributed by atoms with van der Waals surface area (Å²) >= 11 is 5.92. The van der Waals surface area contributed by atoms with Gasteiger partial charge in [-0.15, -0.1) is 0 Å². The molecule has 1 unspecified atom stereocenters. The summed E-state index contributed by atoms with van der Waals surface area (Å²) < 4.78 is 0. The molecular formula is C14H19ClNO. The van der Waals surface area contributed by atoms with E-state index in [-0.39, 0.29) is 6.04 Å². The van der Waals surface area contributed by atoms with Crippen molar-refractivity contribution in [3.63, 3.8) is 0 Å². The minimum Gasteiger partial charge on any atom is -0.390 e. The van der Waals surface area contributed by atoms with Crippen molar-refractivity contribution in [2.45, 2.75) is 44.2 Å². The van der Waals surface area contributed by atoms with Gasteiger partial charge < -0.3 is 10.8 Å². The van der Waals surface area contributed by atoms with Crippen LogP contribution in [-0.2, 0) is 0 Å². The van der Waals surface area contributed by atoms with Crippen molar-refractivity contribution in [3.8, 4) is 0 Å². The smallest absolute Gasteiger partial charge is 0.0620 e. The van der Waals surface area contributed by atoms with E-state index in [1.165, 1.54) is 0 Å². The topological polar surface area (TPSA) is 46.2 Å². The van der Waals surface area contributed by atoms with Gasteiger partial charge in [-0.05, 0) is 50.2 Å². The van der Waals surface area contributed by atoms with Crippen LogP contribution < -0.4 is 5.73 Å². The summed E-state index contributed by atoms with van der Waals surface area (Å²) in [7, 11) is 0. The summed E-state index contributed by atoms with van der Waals surface area (Å²) in [6.45, 7) is 1.91. The molecule has 2 nitrogen and oxygen atoms in total. The quantitative estimate of drug-likeness (QED) is 0.850. The molecule has 1 aromatic rings. The molecule has 1 fully saturated rings. The van der Waals surface area contributed by atoms with Crippen LogP contribution in [0, 0.1) is 12.0 Å². The molecule has 1 radical (unpaired) electrons. The van der Waals surface area contributed by atoms with Crippen LogP contribution >= 0.6 is 11.6 Å². The molecule has 1 saturated carbocycles. The molecule has 1 aliphatic carbocycles. The van der Waals surface area contributed by atoms with E-state index in [4.69, 9.17) is 17.3 Å². The van der Waals surface area contributed by atoms with Gasteiger partial charge in [0.15, 0.2) is 0 Å². The second-order valence-corrected chi connectivity index (χ2v) is 5.74. The summed E-state index contributed by atoms with van der Waals surface area (Å²) in [5.74, 6) is 0.439. The zero-order valence-electron chi connectivity index (χ0n) is 10.1. The Hall–Kier alpha value is -0.570. The Bertz CT molecular complexity index is 382. The van der Waals surface area contributed by atoms with Crippen LogP contribution in [0.5, 0.6) is 0 Å². The first-order valence-corrected chi connectivity index (χ1v) is 6.51. The fourth-order valence-corrected chi connectivity index (χ4v) is 2.74. The Kier molecular flexibility index (Phi) is 3.76. The molecule has 17 heavy (non-hydrogen) atoms. The van der Waals surface area contributed by atoms with Crippen molar-refractivity contribution >= 4 is 11.6 Å². The van der Waals surface area contributed by atoms with Crippen molar-refractivity contribution in [2.24, 2.45) is 11.7 Å². The zero-order chi connectivity index (χ0) is 12.5. The van der Waals surface area contributed by atoms with Gasteiger partial charge in [-0.2, -0.15) is 0 Å². The molecule has 3 N–H and O–H groups in total. The summed E-state index contributed by atoms with van der Waals surface area (Å²) in [4.78, 5) is 0. The van der Waals surface area contributed by atoms with E-state index in [1.807, 2.05) is 25.1 Å². The van der Waals surface area contributed by atoms with Gasteiger partial charge in [-0.3, -0.25) is 0 Å². The third-order valence-electron chi connectivity index (χ3n) is 3.79. The molecule has 0 heterocycles. The Balaban J connectivity index is 2.04. The first-order chi connectivity index (χ1) is 7.98. The van der Waals surface area contributed by atoms with E-state index >= 15 is 0 Å². The highest BCUT2D eigenvalue weighted by Crippen LogP contribution is 2.37. The van der Waals surface area contributed by atoms with Crippen molar-refractivity contribution in [1.82, 2.24) is 0 Å². The average molecular weight is 253 g/mol. The maximum atomic E-state index is 9.92. The number of rotatable bonds is 2. The molecule has 0 saturated heterocycles. The van der Waals surface area contributed by atoms with Crippen molar-refractivity contribution in [2.75, 3.05) is 0 Å². The largest absolute Gasteiger partial charge is 0.390 e. The summed E-state index contributed by atoms with van der Waals surface area (Å²) in [5.41, 5.74) is 6.84. The number of hydrogen-bond acceptors (Lipinski definition) is 2. The number of benzene rings is 1. The van der Waals surface area contributed by atoms with Gasteiger partial charge in [-0.25, -0.2) is 0 Å². The predicted molar refractivity (Wildman–Crippen MR) is 69.8 cm³/mol. The fraction of sp³-hybridized carbons (Fsp3) is 0.571. The highest BCUT2D eigenvalue weighted by Gasteiger charge is 2.31. The first-order valence-electron chi connectivity index (χ1n) is 6.13. The number of nitrogens with two attached hydrogens (primary N) is 1. The molecule has 1 atom stereocenters. The minimum absolute atomic E-state index is 0.0122. The highest BCUT2D eigenvalue weighted by atomic mass is 35.5. The predicted octanol–water partition coefficient (Wildman–Crippen LogP) is 3.08. The van der Waals surface area contributed by atoms with Crippen LogP contribution in [0.4, 0.5) is 0 Å². The van der Waals surface area contributed by atoms with E-state index in [9.17, 15) is 5.11 Å². The molecule has 3 heteroatoms. The van der Waals surface area contributed by atoms with Gasteiger partial charge in [-0.1, -0.05) is 23.7 Å². The number of halogens is 1. The first kappa shape index (κ1) is 12.9. The van der Waals surface area contributed by atoms with Crippen LogP contribution in [0.15, 0.2) is 18.2 Å². The van der Waals surface area contributed by atoms with Gasteiger partial charge in [0.2, 0.25) is 0 Å². The molecular weight excluding hydrogens is 234 g/mol. The molecule has 93 valence electrons. The lowest BCUT2D eigenvalue weighted by Gasteiger charge is -2.35. The number of hydrogen-bond donors (Lipinski definition) is 2. The van der Waals surface area contributed by atoms with Gasteiger partial charge in [0.25, 0.3) is 0 Å². The highest BCUT2D eigenvalue weighted by molar-refractivity contribution is 6.30. The lowest BCUT2D eigenvalue weighted by molar-refractivity contribution is 0.00447. The molecule has 0 aromatic heterocycles. The average Bonchev–Trinajstić information content (AvgIpc) is 2.28. The van der Waals surface area contributed by atoms with Crippen molar-refractivity contribution < 1.29 is 5.11 Å². The summed E-state index contributed by atoms with van der Waals surface area (Å²) in [6, 6.07) is 8.60. The van der Waals surface area contributed by atoms with Crippen LogP contribution in [0.3, 0.4) is 0 Å². The van der Waals surface area contributed by atoms with Crippen LogP contribution in [-0.4, -0.2) is 10.7 Å². The van der Waals surface area contributed by atoms with E-state index in [0.717, 1.165) is 31.2 Å². The van der Waals surface area contributed by atoms with Gasteiger partial charge in [0, 0.05) is 17.1 Å². The molecule has 1 aliphatic rings. The van der Waals surface area contributed by atoms with E-state index in [2.05, 4.69) is 6.07 Å². The lowest BCUT2D eigenvalue weighted by Crippen LogP contribution is -2.34. The van der Waals surface area contributed by atoms with Crippen molar-refractivity contribution in [3.05, 3.63) is 34.9 Å². The Morgan fingerprint density at radius 2 is 2.18 bits per heavy atom. The molecule has 1 aromatic carbocycles. The second-order valence-electron chi connectivity index (χ2n) is 5.33. The summed E-state index contributed by atoms with van der Waals surface area (Å²) in [6.07, 6.45) is 3.62. The van der Waals surface area contributed by atoms with E-state index < -0.39 is 5.60 Å². The molecule has 0 bridgehead atoms. The van der Waals surface area contributed by atoms with Gasteiger partial charge >= 0.3 is 0 Å². The maximum absolute atomic E-state index is 9.92. The zero-order valence-corrected chi connectivity index (χ0v) is 10.9. The van der Waals surface area contributed by atoms with Gasteiger partial charge in [0.05, 0.1) is 5.60 Å². The summed E-state index contributed by atoms with van der Waals surface area (Å²) in [5, 5.41) is 10.5. The normalized spacial score (nSPS) is 31.2. The minimum atomic E-state index is -0.502. The molecule has 2 rings (SSSR count). The standard InChI is InChI=1S/C14H19ClNO/c1-14(17)7-5-10(6-8-14)13(16)11-3-2-4-12(15)9-11/h2-3,9-10,13,17H,5-8,16H2,1H3. The van der Waals surface area contributed by atoms with Crippen LogP contribution in [0.1, 0.15) is 44.2 Å². The second kappa shape index (κ2) is 4.97. The SMILES string of the molecule is CC1(O)CCC(C(N)c2cc[c]c(Cl)c2)CC1. The van der Waals surface area contributed by atoms with E-state index in [0.29, 0.717) is 10.9 Å². The Labute approximate surface area is 108 Å². The van der Waals surface area contributed by atoms with Gasteiger partial charge in [0.1, 0.15) is 0 Å². The van der Waals surface area contributed by atoms with Crippen LogP contribution in [0.25, 0.3) is 0 Å². The molecule has 0 spiro atoms. The monoisotopic (exact) mass is 252 g/mol. The molecule has 0 aliphatic heterocycles. The fourth-order valence-electron chi connectivity index (χ4n) is 2.55. The van der Waals surface area contributed by atoms with E-state index in [1.54, 1.807) is 0 Å². The van der Waals surface area contributed by atoms with Crippen LogP contribution in [0.2, 0.25) is 5.02 Å². The van der Waals surface area contributed by atoms with Crippen molar-refractivity contribution in [1.29, 1.82) is 0 Å². The number of aliphatic hydroxyl groups is 1. The third kappa shape index (κ3) is 3.21. The Morgan fingerprint density at radius 1 is 1.53 bits per heavy atom. The lowest BCUT2D eigenvalue weighted by atomic mass is 9.75. The third-order valence-corrected chi connectivity index (χ3v) is 4.01. The molecule has 0 amide bonds.